The number of nitrogens with zero attached hydrogens (tertiary/aromatic N) is 2. The van der Waals surface area contributed by atoms with Crippen molar-refractivity contribution in [2.24, 2.45) is 0 Å². The van der Waals surface area contributed by atoms with Gasteiger partial charge in [-0.05, 0) is 12.5 Å². The molecule has 0 amide bonds. The number of hydrogen-bond donors (Lipinski definition) is 1. The summed E-state index contributed by atoms with van der Waals surface area (Å²) < 4.78 is 7.46. The third-order valence-corrected chi connectivity index (χ3v) is 2.19. The zero-order valence-electron chi connectivity index (χ0n) is 9.26. The van der Waals surface area contributed by atoms with Crippen LogP contribution in [0.2, 0.25) is 0 Å². The maximum atomic E-state index is 5.82. The Morgan fingerprint density at radius 3 is 2.94 bits per heavy atom. The molecular weight excluding hydrogens is 202 g/mol. The number of rotatable bonds is 4. The van der Waals surface area contributed by atoms with Crippen LogP contribution in [0.15, 0.2) is 36.9 Å². The fourth-order valence-corrected chi connectivity index (χ4v) is 1.47. The average molecular weight is 217 g/mol. The summed E-state index contributed by atoms with van der Waals surface area (Å²) in [6, 6.07) is 5.67. The van der Waals surface area contributed by atoms with Crippen LogP contribution >= 0.6 is 0 Å². The number of anilines is 1. The highest BCUT2D eigenvalue weighted by Gasteiger charge is 2.01. The predicted molar refractivity (Wildman–Crippen MR) is 63.8 cm³/mol. The minimum absolute atomic E-state index is 0.692. The van der Waals surface area contributed by atoms with E-state index in [-0.39, 0.29) is 0 Å². The van der Waals surface area contributed by atoms with Gasteiger partial charge in [-0.1, -0.05) is 6.92 Å². The molecular formula is C12H15N3O. The molecule has 0 atom stereocenters. The number of aromatic nitrogens is 2. The van der Waals surface area contributed by atoms with E-state index >= 15 is 0 Å². The molecule has 2 N–H and O–H groups in total. The van der Waals surface area contributed by atoms with Gasteiger partial charge in [-0.2, -0.15) is 0 Å². The molecule has 0 aliphatic rings. The molecule has 4 nitrogen and oxygen atoms in total. The second kappa shape index (κ2) is 4.70. The minimum atomic E-state index is 0.692. The molecule has 0 aliphatic heterocycles. The van der Waals surface area contributed by atoms with Crippen molar-refractivity contribution in [3.8, 4) is 11.4 Å². The molecule has 84 valence electrons. The molecule has 0 bridgehead atoms. The van der Waals surface area contributed by atoms with E-state index in [0.717, 1.165) is 17.9 Å². The Balaban J connectivity index is 2.29. The Hall–Kier alpha value is -1.97. The Morgan fingerprint density at radius 2 is 2.25 bits per heavy atom. The van der Waals surface area contributed by atoms with Crippen LogP contribution in [0.1, 0.15) is 13.3 Å². The van der Waals surface area contributed by atoms with Crippen molar-refractivity contribution in [1.82, 2.24) is 9.55 Å². The highest BCUT2D eigenvalue weighted by molar-refractivity contribution is 5.53. The topological polar surface area (TPSA) is 53.1 Å². The molecule has 1 aromatic heterocycles. The predicted octanol–water partition coefficient (Wildman–Crippen LogP) is 2.24. The summed E-state index contributed by atoms with van der Waals surface area (Å²) in [6.45, 7) is 2.77. The molecule has 2 aromatic rings. The summed E-state index contributed by atoms with van der Waals surface area (Å²) in [5.74, 6) is 0.797. The number of nitrogens with two attached hydrogens (primary N) is 1. The van der Waals surface area contributed by atoms with Gasteiger partial charge in [0.05, 0.1) is 18.6 Å². The van der Waals surface area contributed by atoms with Gasteiger partial charge in [-0.15, -0.1) is 0 Å². The van der Waals surface area contributed by atoms with Crippen molar-refractivity contribution in [3.05, 3.63) is 36.9 Å². The maximum Gasteiger partial charge on any atom is 0.123 e. The highest BCUT2D eigenvalue weighted by Crippen LogP contribution is 2.21. The summed E-state index contributed by atoms with van der Waals surface area (Å²) in [4.78, 5) is 4.00. The Labute approximate surface area is 94.7 Å². The van der Waals surface area contributed by atoms with Crippen LogP contribution in [0.5, 0.6) is 5.75 Å². The molecule has 1 heterocycles. The standard InChI is InChI=1S/C12H15N3O/c1-2-5-16-12-7-10(13)6-11(8-12)15-4-3-14-9-15/h3-4,6-9H,2,5,13H2,1H3. The van der Waals surface area contributed by atoms with Crippen LogP contribution in [0.25, 0.3) is 5.69 Å². The number of ether oxygens (including phenoxy) is 1. The quantitative estimate of drug-likeness (QED) is 0.799. The molecule has 16 heavy (non-hydrogen) atoms. The molecule has 0 radical (unpaired) electrons. The lowest BCUT2D eigenvalue weighted by atomic mass is 10.2. The van der Waals surface area contributed by atoms with E-state index in [4.69, 9.17) is 10.5 Å². The normalized spacial score (nSPS) is 10.3. The lowest BCUT2D eigenvalue weighted by Gasteiger charge is -2.09. The van der Waals surface area contributed by atoms with Crippen LogP contribution in [-0.2, 0) is 0 Å². The third kappa shape index (κ3) is 2.34. The molecule has 0 unspecified atom stereocenters. The van der Waals surface area contributed by atoms with E-state index in [1.807, 2.05) is 29.0 Å². The summed E-state index contributed by atoms with van der Waals surface area (Å²) in [5, 5.41) is 0. The smallest absolute Gasteiger partial charge is 0.123 e. The van der Waals surface area contributed by atoms with Crippen molar-refractivity contribution in [2.75, 3.05) is 12.3 Å². The van der Waals surface area contributed by atoms with Gasteiger partial charge < -0.3 is 15.0 Å². The largest absolute Gasteiger partial charge is 0.493 e. The summed E-state index contributed by atoms with van der Waals surface area (Å²) in [7, 11) is 0. The van der Waals surface area contributed by atoms with Gasteiger partial charge in [0.1, 0.15) is 5.75 Å². The van der Waals surface area contributed by atoms with E-state index < -0.39 is 0 Å². The lowest BCUT2D eigenvalue weighted by molar-refractivity contribution is 0.317. The third-order valence-electron chi connectivity index (χ3n) is 2.19. The van der Waals surface area contributed by atoms with Gasteiger partial charge in [0.15, 0.2) is 0 Å². The monoisotopic (exact) mass is 217 g/mol. The van der Waals surface area contributed by atoms with Crippen molar-refractivity contribution in [3.63, 3.8) is 0 Å². The first kappa shape index (κ1) is 10.5. The molecule has 0 saturated carbocycles. The zero-order chi connectivity index (χ0) is 11.4. The van der Waals surface area contributed by atoms with Gasteiger partial charge in [0.25, 0.3) is 0 Å². The van der Waals surface area contributed by atoms with Gasteiger partial charge in [0, 0.05) is 30.2 Å². The SMILES string of the molecule is CCCOc1cc(N)cc(-n2ccnc2)c1. The van der Waals surface area contributed by atoms with Crippen LogP contribution in [0.3, 0.4) is 0 Å². The highest BCUT2D eigenvalue weighted by atomic mass is 16.5. The first-order valence-electron chi connectivity index (χ1n) is 5.31. The second-order valence-corrected chi connectivity index (χ2v) is 3.58. The molecule has 1 aromatic carbocycles. The average Bonchev–Trinajstić information content (AvgIpc) is 2.79. The van der Waals surface area contributed by atoms with Crippen LogP contribution in [0, 0.1) is 0 Å². The Kier molecular flexibility index (Phi) is 3.10. The van der Waals surface area contributed by atoms with Crippen molar-refractivity contribution in [1.29, 1.82) is 0 Å². The molecule has 4 heteroatoms. The first-order chi connectivity index (χ1) is 7.79. The molecule has 2 rings (SSSR count). The number of imidazole rings is 1. The van der Waals surface area contributed by atoms with Crippen LogP contribution < -0.4 is 10.5 Å². The number of nitrogen functional groups attached to an aromatic ring is 1. The first-order valence-corrected chi connectivity index (χ1v) is 5.31. The van der Waals surface area contributed by atoms with Gasteiger partial charge in [-0.3, -0.25) is 0 Å². The molecule has 0 spiro atoms. The van der Waals surface area contributed by atoms with Crippen LogP contribution in [-0.4, -0.2) is 16.2 Å². The van der Waals surface area contributed by atoms with Gasteiger partial charge in [-0.25, -0.2) is 4.98 Å². The van der Waals surface area contributed by atoms with E-state index in [9.17, 15) is 0 Å². The Bertz CT molecular complexity index is 451. The van der Waals surface area contributed by atoms with Gasteiger partial charge >= 0.3 is 0 Å². The van der Waals surface area contributed by atoms with Crippen LogP contribution in [0.4, 0.5) is 5.69 Å². The Morgan fingerprint density at radius 1 is 1.38 bits per heavy atom. The lowest BCUT2D eigenvalue weighted by Crippen LogP contribution is -1.99. The summed E-state index contributed by atoms with van der Waals surface area (Å²) >= 11 is 0. The second-order valence-electron chi connectivity index (χ2n) is 3.58. The van der Waals surface area contributed by atoms with Crippen molar-refractivity contribution >= 4 is 5.69 Å². The van der Waals surface area contributed by atoms with E-state index in [0.29, 0.717) is 12.3 Å². The van der Waals surface area contributed by atoms with E-state index in [2.05, 4.69) is 11.9 Å². The fourth-order valence-electron chi connectivity index (χ4n) is 1.47. The fraction of sp³-hybridized carbons (Fsp3) is 0.250. The molecule has 0 fully saturated rings. The van der Waals surface area contributed by atoms with E-state index in [1.165, 1.54) is 0 Å². The number of hydrogen-bond acceptors (Lipinski definition) is 3. The number of benzene rings is 1. The minimum Gasteiger partial charge on any atom is -0.493 e. The van der Waals surface area contributed by atoms with E-state index in [1.54, 1.807) is 12.5 Å². The molecule has 0 saturated heterocycles. The van der Waals surface area contributed by atoms with Crippen molar-refractivity contribution < 1.29 is 4.74 Å². The molecule has 0 aliphatic carbocycles. The zero-order valence-corrected chi connectivity index (χ0v) is 9.26. The van der Waals surface area contributed by atoms with Crippen molar-refractivity contribution in [2.45, 2.75) is 13.3 Å². The summed E-state index contributed by atoms with van der Waals surface area (Å²) in [5.41, 5.74) is 7.48. The maximum absolute atomic E-state index is 5.82. The summed E-state index contributed by atoms with van der Waals surface area (Å²) in [6.07, 6.45) is 6.32. The van der Waals surface area contributed by atoms with Gasteiger partial charge in [0.2, 0.25) is 0 Å².